The lowest BCUT2D eigenvalue weighted by Gasteiger charge is -2.33. The van der Waals surface area contributed by atoms with Gasteiger partial charge in [-0.15, -0.1) is 0 Å². The highest BCUT2D eigenvalue weighted by atomic mass is 16.5. The Morgan fingerprint density at radius 2 is 2.26 bits per heavy atom. The summed E-state index contributed by atoms with van der Waals surface area (Å²) in [4.78, 5) is 14.3. The first kappa shape index (κ1) is 12.5. The molecule has 3 rings (SSSR count). The first-order valence-electron chi connectivity index (χ1n) is 7.21. The summed E-state index contributed by atoms with van der Waals surface area (Å²) in [6.07, 6.45) is 3.81. The third kappa shape index (κ3) is 1.92. The molecule has 1 aromatic rings. The van der Waals surface area contributed by atoms with E-state index >= 15 is 0 Å². The molecule has 1 aliphatic heterocycles. The molecule has 1 amide bonds. The largest absolute Gasteiger partial charge is 0.496 e. The van der Waals surface area contributed by atoms with E-state index in [0.29, 0.717) is 24.3 Å². The summed E-state index contributed by atoms with van der Waals surface area (Å²) in [5.74, 6) is 1.68. The van der Waals surface area contributed by atoms with Gasteiger partial charge in [-0.2, -0.15) is 0 Å². The minimum absolute atomic E-state index is 0.326. The van der Waals surface area contributed by atoms with Gasteiger partial charge in [0.2, 0.25) is 5.91 Å². The van der Waals surface area contributed by atoms with Gasteiger partial charge in [-0.3, -0.25) is 4.79 Å². The molecule has 0 bridgehead atoms. The summed E-state index contributed by atoms with van der Waals surface area (Å²) in [6.45, 7) is 3.04. The van der Waals surface area contributed by atoms with Gasteiger partial charge in [-0.05, 0) is 36.5 Å². The van der Waals surface area contributed by atoms with E-state index in [2.05, 4.69) is 17.9 Å². The molecular weight excluding hydrogens is 238 g/mol. The maximum Gasteiger partial charge on any atom is 0.223 e. The van der Waals surface area contributed by atoms with E-state index in [0.717, 1.165) is 31.6 Å². The molecule has 2 atom stereocenters. The first-order chi connectivity index (χ1) is 9.26. The second-order valence-electron chi connectivity index (χ2n) is 5.53. The highest BCUT2D eigenvalue weighted by molar-refractivity contribution is 5.81. The van der Waals surface area contributed by atoms with E-state index < -0.39 is 0 Å². The second-order valence-corrected chi connectivity index (χ2v) is 5.53. The van der Waals surface area contributed by atoms with Gasteiger partial charge in [0.05, 0.1) is 7.11 Å². The van der Waals surface area contributed by atoms with Crippen LogP contribution >= 0.6 is 0 Å². The third-order valence-electron chi connectivity index (χ3n) is 4.52. The van der Waals surface area contributed by atoms with Crippen LogP contribution in [-0.4, -0.2) is 30.5 Å². The fourth-order valence-electron chi connectivity index (χ4n) is 3.73. The molecule has 0 radical (unpaired) electrons. The maximum atomic E-state index is 12.2. The number of fused-ring (bicyclic) bond motifs is 3. The minimum Gasteiger partial charge on any atom is -0.496 e. The number of carbonyl (C=O) groups is 1. The summed E-state index contributed by atoms with van der Waals surface area (Å²) < 4.78 is 5.46. The monoisotopic (exact) mass is 259 g/mol. The van der Waals surface area contributed by atoms with Gasteiger partial charge in [-0.1, -0.05) is 19.1 Å². The Kier molecular flexibility index (Phi) is 3.21. The molecule has 1 aliphatic carbocycles. The third-order valence-corrected chi connectivity index (χ3v) is 4.52. The number of benzene rings is 1. The molecule has 102 valence electrons. The molecule has 0 spiro atoms. The van der Waals surface area contributed by atoms with Crippen molar-refractivity contribution in [1.29, 1.82) is 0 Å². The van der Waals surface area contributed by atoms with E-state index in [1.807, 2.05) is 12.1 Å². The van der Waals surface area contributed by atoms with Gasteiger partial charge >= 0.3 is 0 Å². The molecule has 0 saturated carbocycles. The van der Waals surface area contributed by atoms with Gasteiger partial charge in [0.15, 0.2) is 0 Å². The van der Waals surface area contributed by atoms with Gasteiger partial charge < -0.3 is 9.64 Å². The van der Waals surface area contributed by atoms with Crippen LogP contribution < -0.4 is 4.74 Å². The Hall–Kier alpha value is -1.51. The number of methoxy groups -OCH3 is 1. The Morgan fingerprint density at radius 3 is 3.00 bits per heavy atom. The molecule has 1 aromatic carbocycles. The highest BCUT2D eigenvalue weighted by Gasteiger charge is 2.43. The number of likely N-dealkylation sites (tertiary alicyclic amines) is 1. The average Bonchev–Trinajstić information content (AvgIpc) is 2.75. The fourth-order valence-corrected chi connectivity index (χ4v) is 3.73. The van der Waals surface area contributed by atoms with Crippen LogP contribution in [0.15, 0.2) is 18.2 Å². The predicted molar refractivity (Wildman–Crippen MR) is 74.5 cm³/mol. The molecule has 1 heterocycles. The summed E-state index contributed by atoms with van der Waals surface area (Å²) in [5, 5.41) is 0. The van der Waals surface area contributed by atoms with Crippen molar-refractivity contribution >= 4 is 5.91 Å². The average molecular weight is 259 g/mol. The van der Waals surface area contributed by atoms with Gasteiger partial charge in [0.1, 0.15) is 5.75 Å². The van der Waals surface area contributed by atoms with E-state index in [9.17, 15) is 4.79 Å². The van der Waals surface area contributed by atoms with Crippen LogP contribution in [0.3, 0.4) is 0 Å². The van der Waals surface area contributed by atoms with Crippen LogP contribution in [0, 0.1) is 0 Å². The number of hydrogen-bond acceptors (Lipinski definition) is 2. The van der Waals surface area contributed by atoms with Crippen molar-refractivity contribution in [2.45, 2.75) is 44.6 Å². The van der Waals surface area contributed by atoms with E-state index in [1.165, 1.54) is 11.1 Å². The normalized spacial score (nSPS) is 25.2. The summed E-state index contributed by atoms with van der Waals surface area (Å²) >= 11 is 0. The van der Waals surface area contributed by atoms with Crippen LogP contribution in [0.5, 0.6) is 5.75 Å². The zero-order valence-corrected chi connectivity index (χ0v) is 11.7. The number of amides is 1. The van der Waals surface area contributed by atoms with Crippen molar-refractivity contribution in [3.8, 4) is 5.75 Å². The standard InChI is InChI=1S/C16H21NO2/c1-3-9-17-14-8-7-12-11(13(14)10-16(17)18)5-4-6-15(12)19-2/h4-6,13-14H,3,7-10H2,1-2H3. The SMILES string of the molecule is CCCN1C(=O)CC2c3cccc(OC)c3CCC21. The quantitative estimate of drug-likeness (QED) is 0.835. The van der Waals surface area contributed by atoms with Crippen molar-refractivity contribution < 1.29 is 9.53 Å². The van der Waals surface area contributed by atoms with Crippen molar-refractivity contribution in [3.63, 3.8) is 0 Å². The molecule has 0 aromatic heterocycles. The molecular formula is C16H21NO2. The van der Waals surface area contributed by atoms with Crippen LogP contribution in [0.25, 0.3) is 0 Å². The number of rotatable bonds is 3. The lowest BCUT2D eigenvalue weighted by atomic mass is 9.79. The first-order valence-corrected chi connectivity index (χ1v) is 7.21. The summed E-state index contributed by atoms with van der Waals surface area (Å²) in [7, 11) is 1.73. The van der Waals surface area contributed by atoms with Crippen molar-refractivity contribution in [2.75, 3.05) is 13.7 Å². The number of carbonyl (C=O) groups excluding carboxylic acids is 1. The highest BCUT2D eigenvalue weighted by Crippen LogP contribution is 2.44. The van der Waals surface area contributed by atoms with E-state index in [4.69, 9.17) is 4.74 Å². The topological polar surface area (TPSA) is 29.5 Å². The van der Waals surface area contributed by atoms with Gasteiger partial charge in [-0.25, -0.2) is 0 Å². The molecule has 1 fully saturated rings. The van der Waals surface area contributed by atoms with Crippen LogP contribution in [0.4, 0.5) is 0 Å². The second kappa shape index (κ2) is 4.87. The number of hydrogen-bond donors (Lipinski definition) is 0. The number of nitrogens with zero attached hydrogens (tertiary/aromatic N) is 1. The Labute approximate surface area is 114 Å². The molecule has 0 N–H and O–H groups in total. The van der Waals surface area contributed by atoms with Crippen LogP contribution in [0.1, 0.15) is 43.2 Å². The Bertz CT molecular complexity index is 498. The molecule has 2 aliphatic rings. The molecule has 2 unspecified atom stereocenters. The van der Waals surface area contributed by atoms with E-state index in [1.54, 1.807) is 7.11 Å². The van der Waals surface area contributed by atoms with Crippen LogP contribution in [-0.2, 0) is 11.2 Å². The van der Waals surface area contributed by atoms with Crippen LogP contribution in [0.2, 0.25) is 0 Å². The molecule has 3 heteroatoms. The predicted octanol–water partition coefficient (Wildman–Crippen LogP) is 2.74. The zero-order valence-electron chi connectivity index (χ0n) is 11.7. The van der Waals surface area contributed by atoms with Crippen molar-refractivity contribution in [1.82, 2.24) is 4.90 Å². The maximum absolute atomic E-state index is 12.2. The zero-order chi connectivity index (χ0) is 13.4. The summed E-state index contributed by atoms with van der Waals surface area (Å²) in [6, 6.07) is 6.66. The van der Waals surface area contributed by atoms with Gasteiger partial charge in [0, 0.05) is 24.9 Å². The molecule has 19 heavy (non-hydrogen) atoms. The van der Waals surface area contributed by atoms with Crippen molar-refractivity contribution in [2.24, 2.45) is 0 Å². The van der Waals surface area contributed by atoms with Crippen molar-refractivity contribution in [3.05, 3.63) is 29.3 Å². The summed E-state index contributed by atoms with van der Waals surface area (Å²) in [5.41, 5.74) is 2.65. The van der Waals surface area contributed by atoms with E-state index in [-0.39, 0.29) is 0 Å². The minimum atomic E-state index is 0.326. The lowest BCUT2D eigenvalue weighted by molar-refractivity contribution is -0.129. The Balaban J connectivity index is 1.97. The molecule has 3 nitrogen and oxygen atoms in total. The Morgan fingerprint density at radius 1 is 1.42 bits per heavy atom. The molecule has 1 saturated heterocycles. The number of ether oxygens (including phenoxy) is 1. The smallest absolute Gasteiger partial charge is 0.223 e. The fraction of sp³-hybridized carbons (Fsp3) is 0.562. The van der Waals surface area contributed by atoms with Gasteiger partial charge in [0.25, 0.3) is 0 Å². The lowest BCUT2D eigenvalue weighted by Crippen LogP contribution is -2.37.